The molecule has 2 atom stereocenters. The maximum absolute atomic E-state index is 12.7. The molecular weight excluding hydrogens is 454 g/mol. The second-order valence-corrected chi connectivity index (χ2v) is 10.1. The van der Waals surface area contributed by atoms with Gasteiger partial charge in [-0.25, -0.2) is 9.97 Å². The second kappa shape index (κ2) is 10.9. The molecule has 2 saturated heterocycles. The zero-order valence-corrected chi connectivity index (χ0v) is 20.1. The Balaban J connectivity index is 1.48. The Kier molecular flexibility index (Phi) is 7.73. The molecule has 10 nitrogen and oxygen atoms in total. The van der Waals surface area contributed by atoms with E-state index < -0.39 is 16.7 Å². The van der Waals surface area contributed by atoms with Gasteiger partial charge in [-0.3, -0.25) is 13.8 Å². The lowest BCUT2D eigenvalue weighted by Gasteiger charge is -2.35. The van der Waals surface area contributed by atoms with Crippen molar-refractivity contribution < 1.29 is 13.8 Å². The number of aromatic nitrogens is 2. The van der Waals surface area contributed by atoms with Gasteiger partial charge in [0.1, 0.15) is 5.82 Å². The molecule has 0 saturated carbocycles. The van der Waals surface area contributed by atoms with Crippen molar-refractivity contribution in [1.29, 1.82) is 0 Å². The summed E-state index contributed by atoms with van der Waals surface area (Å²) in [6.45, 7) is 3.16. The molecule has 2 amide bonds. The van der Waals surface area contributed by atoms with E-state index in [1.807, 2.05) is 0 Å². The Morgan fingerprint density at radius 2 is 1.91 bits per heavy atom. The van der Waals surface area contributed by atoms with Gasteiger partial charge in [0.05, 0.1) is 6.20 Å². The third-order valence-electron chi connectivity index (χ3n) is 6.24. The molecule has 0 aliphatic carbocycles. The molecule has 2 fully saturated rings. The Bertz CT molecular complexity index is 1060. The molecule has 11 heteroatoms. The first kappa shape index (κ1) is 24.1. The van der Waals surface area contributed by atoms with Crippen molar-refractivity contribution in [3.05, 3.63) is 36.2 Å². The lowest BCUT2D eigenvalue weighted by atomic mass is 9.96. The number of rotatable bonds is 7. The number of benzene rings is 1. The minimum Gasteiger partial charge on any atom is -0.364 e. The SMILES string of the molecule is CS(=O)c1ccc(Nc2nc(N3CCCC(NC(=O)C4CCNCC4)C3)cnc2C(N)=O)cc1. The van der Waals surface area contributed by atoms with Crippen molar-refractivity contribution in [1.82, 2.24) is 20.6 Å². The van der Waals surface area contributed by atoms with Crippen LogP contribution in [0.5, 0.6) is 0 Å². The molecule has 1 aromatic heterocycles. The number of hydrogen-bond donors (Lipinski definition) is 4. The average molecular weight is 486 g/mol. The monoisotopic (exact) mass is 485 g/mol. The number of nitrogens with two attached hydrogens (primary N) is 1. The van der Waals surface area contributed by atoms with Gasteiger partial charge in [-0.1, -0.05) is 0 Å². The number of carbonyl (C=O) groups is 2. The van der Waals surface area contributed by atoms with Gasteiger partial charge < -0.3 is 26.6 Å². The quantitative estimate of drug-likeness (QED) is 0.457. The van der Waals surface area contributed by atoms with E-state index in [4.69, 9.17) is 5.73 Å². The zero-order valence-electron chi connectivity index (χ0n) is 19.3. The molecule has 0 radical (unpaired) electrons. The molecule has 0 bridgehead atoms. The normalized spacial score (nSPS) is 19.9. The average Bonchev–Trinajstić information content (AvgIpc) is 2.85. The lowest BCUT2D eigenvalue weighted by molar-refractivity contribution is -0.126. The highest BCUT2D eigenvalue weighted by atomic mass is 32.2. The summed E-state index contributed by atoms with van der Waals surface area (Å²) < 4.78 is 11.6. The Morgan fingerprint density at radius 3 is 2.59 bits per heavy atom. The number of anilines is 3. The van der Waals surface area contributed by atoms with Crippen LogP contribution < -0.4 is 26.6 Å². The molecule has 2 unspecified atom stereocenters. The smallest absolute Gasteiger partial charge is 0.271 e. The number of nitrogens with zero attached hydrogens (tertiary/aromatic N) is 3. The summed E-state index contributed by atoms with van der Waals surface area (Å²) in [5.74, 6) is 0.385. The van der Waals surface area contributed by atoms with E-state index in [2.05, 4.69) is 30.8 Å². The van der Waals surface area contributed by atoms with Crippen LogP contribution in [0.15, 0.2) is 35.4 Å². The highest BCUT2D eigenvalue weighted by Gasteiger charge is 2.27. The van der Waals surface area contributed by atoms with Crippen LogP contribution >= 0.6 is 0 Å². The van der Waals surface area contributed by atoms with Crippen LogP contribution in [0, 0.1) is 5.92 Å². The number of nitrogens with one attached hydrogen (secondary N) is 3. The van der Waals surface area contributed by atoms with Gasteiger partial charge in [-0.15, -0.1) is 0 Å². The van der Waals surface area contributed by atoms with Crippen molar-refractivity contribution >= 4 is 39.9 Å². The van der Waals surface area contributed by atoms with Crippen molar-refractivity contribution in [2.75, 3.05) is 42.7 Å². The Morgan fingerprint density at radius 1 is 1.18 bits per heavy atom. The van der Waals surface area contributed by atoms with E-state index in [-0.39, 0.29) is 29.4 Å². The van der Waals surface area contributed by atoms with E-state index in [0.29, 0.717) is 22.9 Å². The van der Waals surface area contributed by atoms with Gasteiger partial charge in [0.2, 0.25) is 5.91 Å². The molecule has 34 heavy (non-hydrogen) atoms. The Labute approximate surface area is 201 Å². The topological polar surface area (TPSA) is 142 Å². The van der Waals surface area contributed by atoms with Crippen LogP contribution in [-0.2, 0) is 15.6 Å². The third-order valence-corrected chi connectivity index (χ3v) is 7.18. The van der Waals surface area contributed by atoms with Crippen LogP contribution in [-0.4, -0.2) is 64.5 Å². The zero-order chi connectivity index (χ0) is 24.1. The number of primary amides is 1. The minimum atomic E-state index is -1.08. The van der Waals surface area contributed by atoms with Crippen LogP contribution in [0.4, 0.5) is 17.3 Å². The predicted octanol–water partition coefficient (Wildman–Crippen LogP) is 1.14. The molecule has 2 aliphatic heterocycles. The first-order valence-electron chi connectivity index (χ1n) is 11.5. The predicted molar refractivity (Wildman–Crippen MR) is 132 cm³/mol. The summed E-state index contributed by atoms with van der Waals surface area (Å²) in [4.78, 5) is 36.3. The van der Waals surface area contributed by atoms with Crippen molar-refractivity contribution in [3.63, 3.8) is 0 Å². The van der Waals surface area contributed by atoms with E-state index in [1.165, 1.54) is 0 Å². The minimum absolute atomic E-state index is 0.0348. The van der Waals surface area contributed by atoms with Crippen LogP contribution in [0.2, 0.25) is 0 Å². The first-order chi connectivity index (χ1) is 16.4. The number of hydrogen-bond acceptors (Lipinski definition) is 8. The molecule has 2 aromatic rings. The van der Waals surface area contributed by atoms with Gasteiger partial charge >= 0.3 is 0 Å². The summed E-state index contributed by atoms with van der Waals surface area (Å²) in [6, 6.07) is 7.07. The highest BCUT2D eigenvalue weighted by molar-refractivity contribution is 7.84. The molecule has 1 aromatic carbocycles. The fourth-order valence-corrected chi connectivity index (χ4v) is 4.89. The van der Waals surface area contributed by atoms with Crippen molar-refractivity contribution in [2.45, 2.75) is 36.6 Å². The van der Waals surface area contributed by atoms with E-state index in [9.17, 15) is 13.8 Å². The molecule has 182 valence electrons. The molecule has 4 rings (SSSR count). The standard InChI is InChI=1S/C23H31N7O3S/c1-34(33)18-6-4-16(5-7-18)27-22-20(21(24)31)26-13-19(29-22)30-12-2-3-17(14-30)28-23(32)15-8-10-25-11-9-15/h4-7,13,15,17,25H,2-3,8-12,14H2,1H3,(H2,24,31)(H,27,29)(H,28,32). The van der Waals surface area contributed by atoms with E-state index >= 15 is 0 Å². The Hall–Kier alpha value is -3.05. The second-order valence-electron chi connectivity index (χ2n) is 8.71. The number of piperidine rings is 2. The van der Waals surface area contributed by atoms with E-state index in [0.717, 1.165) is 45.3 Å². The lowest BCUT2D eigenvalue weighted by Crippen LogP contribution is -2.50. The maximum atomic E-state index is 12.7. The maximum Gasteiger partial charge on any atom is 0.271 e. The summed E-state index contributed by atoms with van der Waals surface area (Å²) in [5.41, 5.74) is 6.24. The van der Waals surface area contributed by atoms with Crippen LogP contribution in [0.3, 0.4) is 0 Å². The van der Waals surface area contributed by atoms with Gasteiger partial charge in [-0.2, -0.15) is 0 Å². The molecule has 0 spiro atoms. The van der Waals surface area contributed by atoms with Gasteiger partial charge in [0.25, 0.3) is 5.91 Å². The van der Waals surface area contributed by atoms with Gasteiger partial charge in [0, 0.05) is 52.7 Å². The highest BCUT2D eigenvalue weighted by Crippen LogP contribution is 2.24. The fourth-order valence-electron chi connectivity index (χ4n) is 4.37. The van der Waals surface area contributed by atoms with Crippen molar-refractivity contribution in [3.8, 4) is 0 Å². The molecular formula is C23H31N7O3S. The largest absolute Gasteiger partial charge is 0.364 e. The van der Waals surface area contributed by atoms with Crippen LogP contribution in [0.1, 0.15) is 36.2 Å². The fraction of sp³-hybridized carbons (Fsp3) is 0.478. The number of carbonyl (C=O) groups excluding carboxylic acids is 2. The van der Waals surface area contributed by atoms with Crippen LogP contribution in [0.25, 0.3) is 0 Å². The van der Waals surface area contributed by atoms with Gasteiger partial charge in [0.15, 0.2) is 11.5 Å². The molecule has 2 aliphatic rings. The first-order valence-corrected chi connectivity index (χ1v) is 13.1. The molecule has 5 N–H and O–H groups in total. The van der Waals surface area contributed by atoms with Crippen molar-refractivity contribution in [2.24, 2.45) is 11.7 Å². The summed E-state index contributed by atoms with van der Waals surface area (Å²) in [7, 11) is -1.08. The van der Waals surface area contributed by atoms with Gasteiger partial charge in [-0.05, 0) is 63.0 Å². The molecule has 3 heterocycles. The third kappa shape index (κ3) is 5.89. The number of amides is 2. The van der Waals surface area contributed by atoms with E-state index in [1.54, 1.807) is 36.7 Å². The summed E-state index contributed by atoms with van der Waals surface area (Å²) in [6.07, 6.45) is 6.72. The summed E-state index contributed by atoms with van der Waals surface area (Å²) in [5, 5.41) is 9.61. The summed E-state index contributed by atoms with van der Waals surface area (Å²) >= 11 is 0.